The van der Waals surface area contributed by atoms with Crippen LogP contribution in [0.4, 0.5) is 0 Å². The molecule has 1 amide bonds. The van der Waals surface area contributed by atoms with Crippen LogP contribution in [0.2, 0.25) is 0 Å². The number of fused-ring (bicyclic) bond motifs is 2. The first-order valence-corrected chi connectivity index (χ1v) is 13.2. The number of sulfonamides is 1. The van der Waals surface area contributed by atoms with Crippen LogP contribution in [0, 0.1) is 0 Å². The van der Waals surface area contributed by atoms with E-state index in [1.165, 1.54) is 10.4 Å². The number of para-hydroxylation sites is 1. The molecule has 1 atom stereocenters. The Bertz CT molecular complexity index is 1280. The molecule has 0 saturated carbocycles. The molecule has 2 aromatic carbocycles. The Morgan fingerprint density at radius 2 is 1.74 bits per heavy atom. The van der Waals surface area contributed by atoms with Crippen molar-refractivity contribution in [3.8, 4) is 11.5 Å². The van der Waals surface area contributed by atoms with Crippen molar-refractivity contribution in [1.29, 1.82) is 0 Å². The topological polar surface area (TPSA) is 101 Å². The molecule has 0 spiro atoms. The summed E-state index contributed by atoms with van der Waals surface area (Å²) < 4.78 is 44.9. The van der Waals surface area contributed by atoms with Crippen LogP contribution in [0.1, 0.15) is 25.1 Å². The molecule has 2 aliphatic heterocycles. The number of carbonyl (C=O) groups excluding carboxylic acids is 1. The number of benzene rings is 2. The van der Waals surface area contributed by atoms with Gasteiger partial charge in [-0.15, -0.1) is 0 Å². The highest BCUT2D eigenvalue weighted by Gasteiger charge is 2.30. The summed E-state index contributed by atoms with van der Waals surface area (Å²) in [4.78, 5) is 14.8. The Kier molecular flexibility index (Phi) is 6.68. The largest absolute Gasteiger partial charge is 0.490 e. The molecule has 3 aromatic rings. The third-order valence-electron chi connectivity index (χ3n) is 6.30. The van der Waals surface area contributed by atoms with Gasteiger partial charge in [0.1, 0.15) is 11.3 Å². The molecule has 1 unspecified atom stereocenters. The van der Waals surface area contributed by atoms with E-state index in [4.69, 9.17) is 13.9 Å². The lowest BCUT2D eigenvalue weighted by molar-refractivity contribution is -0.123. The Balaban J connectivity index is 1.15. The summed E-state index contributed by atoms with van der Waals surface area (Å²) in [5.74, 6) is 1.59. The molecule has 1 saturated heterocycles. The first kappa shape index (κ1) is 23.7. The Hall–Kier alpha value is -3.08. The highest BCUT2D eigenvalue weighted by atomic mass is 32.2. The molecule has 9 nitrogen and oxygen atoms in total. The molecule has 0 aliphatic carbocycles. The lowest BCUT2D eigenvalue weighted by Gasteiger charge is -2.33. The number of hydrogen-bond acceptors (Lipinski definition) is 7. The Morgan fingerprint density at radius 1 is 1.00 bits per heavy atom. The summed E-state index contributed by atoms with van der Waals surface area (Å²) in [6.45, 7) is 4.68. The summed E-state index contributed by atoms with van der Waals surface area (Å²) in [5.41, 5.74) is 0.787. The lowest BCUT2D eigenvalue weighted by atomic mass is 10.2. The van der Waals surface area contributed by atoms with Gasteiger partial charge in [0.25, 0.3) is 0 Å². The smallest absolute Gasteiger partial charge is 0.243 e. The number of nitrogens with one attached hydrogen (secondary N) is 1. The zero-order valence-corrected chi connectivity index (χ0v) is 20.4. The number of furan rings is 1. The van der Waals surface area contributed by atoms with Gasteiger partial charge in [0.05, 0.1) is 30.7 Å². The molecule has 35 heavy (non-hydrogen) atoms. The Labute approximate surface area is 204 Å². The first-order chi connectivity index (χ1) is 16.9. The van der Waals surface area contributed by atoms with Crippen molar-refractivity contribution in [2.75, 3.05) is 45.9 Å². The molecule has 1 fully saturated rings. The van der Waals surface area contributed by atoms with E-state index in [2.05, 4.69) is 5.32 Å². The number of rotatable bonds is 6. The normalized spacial score (nSPS) is 18.2. The van der Waals surface area contributed by atoms with E-state index < -0.39 is 10.0 Å². The minimum Gasteiger partial charge on any atom is -0.490 e. The number of nitrogens with zero attached hydrogens (tertiary/aromatic N) is 2. The van der Waals surface area contributed by atoms with Crippen LogP contribution in [-0.4, -0.2) is 69.5 Å². The minimum atomic E-state index is -3.67. The summed E-state index contributed by atoms with van der Waals surface area (Å²) in [7, 11) is -3.67. The number of ether oxygens (including phenoxy) is 2. The van der Waals surface area contributed by atoms with Crippen LogP contribution in [0.5, 0.6) is 11.5 Å². The van der Waals surface area contributed by atoms with Crippen LogP contribution in [0.15, 0.2) is 57.8 Å². The molecule has 1 aromatic heterocycles. The van der Waals surface area contributed by atoms with Crippen LogP contribution >= 0.6 is 0 Å². The van der Waals surface area contributed by atoms with E-state index in [1.807, 2.05) is 42.2 Å². The van der Waals surface area contributed by atoms with Crippen molar-refractivity contribution in [3.63, 3.8) is 0 Å². The number of amides is 1. The van der Waals surface area contributed by atoms with Gasteiger partial charge in [0, 0.05) is 44.1 Å². The van der Waals surface area contributed by atoms with Gasteiger partial charge in [-0.3, -0.25) is 9.69 Å². The molecule has 2 aliphatic rings. The van der Waals surface area contributed by atoms with Gasteiger partial charge in [-0.05, 0) is 31.2 Å². The maximum atomic E-state index is 13.2. The van der Waals surface area contributed by atoms with E-state index in [-0.39, 0.29) is 23.4 Å². The maximum absolute atomic E-state index is 13.2. The highest BCUT2D eigenvalue weighted by Crippen LogP contribution is 2.33. The van der Waals surface area contributed by atoms with Gasteiger partial charge < -0.3 is 19.2 Å². The summed E-state index contributed by atoms with van der Waals surface area (Å²) in [6, 6.07) is 14.1. The number of hydrogen-bond donors (Lipinski definition) is 1. The van der Waals surface area contributed by atoms with Crippen molar-refractivity contribution < 1.29 is 27.1 Å². The molecule has 3 heterocycles. The second kappa shape index (κ2) is 9.88. The fourth-order valence-corrected chi connectivity index (χ4v) is 5.80. The first-order valence-electron chi connectivity index (χ1n) is 11.8. The van der Waals surface area contributed by atoms with E-state index >= 15 is 0 Å². The van der Waals surface area contributed by atoms with Crippen molar-refractivity contribution in [2.45, 2.75) is 24.3 Å². The highest BCUT2D eigenvalue weighted by molar-refractivity contribution is 7.89. The molecular formula is C25H29N3O6S. The Morgan fingerprint density at radius 3 is 2.51 bits per heavy atom. The predicted molar refractivity (Wildman–Crippen MR) is 130 cm³/mol. The lowest BCUT2D eigenvalue weighted by Crippen LogP contribution is -2.51. The molecule has 1 N–H and O–H groups in total. The minimum absolute atomic E-state index is 0.128. The van der Waals surface area contributed by atoms with Gasteiger partial charge in [-0.2, -0.15) is 4.31 Å². The van der Waals surface area contributed by atoms with Crippen LogP contribution in [0.3, 0.4) is 0 Å². The fraction of sp³-hybridized carbons (Fsp3) is 0.400. The molecule has 0 radical (unpaired) electrons. The molecule has 5 rings (SSSR count). The zero-order chi connectivity index (χ0) is 24.4. The van der Waals surface area contributed by atoms with Crippen molar-refractivity contribution in [2.24, 2.45) is 0 Å². The second-order valence-corrected chi connectivity index (χ2v) is 10.8. The quantitative estimate of drug-likeness (QED) is 0.557. The van der Waals surface area contributed by atoms with Gasteiger partial charge in [-0.25, -0.2) is 8.42 Å². The third-order valence-corrected chi connectivity index (χ3v) is 8.20. The van der Waals surface area contributed by atoms with E-state index in [0.29, 0.717) is 56.7 Å². The van der Waals surface area contributed by atoms with E-state index in [1.54, 1.807) is 12.1 Å². The number of carbonyl (C=O) groups is 1. The van der Waals surface area contributed by atoms with Gasteiger partial charge in [-0.1, -0.05) is 18.2 Å². The molecule has 186 valence electrons. The van der Waals surface area contributed by atoms with E-state index in [0.717, 1.165) is 17.4 Å². The molecule has 0 bridgehead atoms. The van der Waals surface area contributed by atoms with Crippen LogP contribution < -0.4 is 14.8 Å². The molecular weight excluding hydrogens is 470 g/mol. The number of piperazine rings is 1. The van der Waals surface area contributed by atoms with Gasteiger partial charge >= 0.3 is 0 Å². The molecule has 10 heteroatoms. The van der Waals surface area contributed by atoms with Gasteiger partial charge in [0.2, 0.25) is 15.9 Å². The zero-order valence-electron chi connectivity index (χ0n) is 19.6. The van der Waals surface area contributed by atoms with Crippen molar-refractivity contribution >= 4 is 26.9 Å². The summed E-state index contributed by atoms with van der Waals surface area (Å²) in [5, 5.41) is 3.97. The van der Waals surface area contributed by atoms with Crippen LogP contribution in [0.25, 0.3) is 11.0 Å². The second-order valence-electron chi connectivity index (χ2n) is 8.82. The maximum Gasteiger partial charge on any atom is 0.243 e. The summed E-state index contributed by atoms with van der Waals surface area (Å²) >= 11 is 0. The summed E-state index contributed by atoms with van der Waals surface area (Å²) in [6.07, 6.45) is 0.753. The standard InChI is InChI=1S/C25H29N3O6S/c1-18(23-15-19-5-2-3-6-21(19)34-23)26-25(29)17-27-9-11-28(12-10-27)35(30,31)20-7-8-22-24(16-20)33-14-4-13-32-22/h2-3,5-8,15-16,18H,4,9-14,17H2,1H3,(H,26,29). The van der Waals surface area contributed by atoms with E-state index in [9.17, 15) is 13.2 Å². The third kappa shape index (κ3) is 5.14. The average Bonchev–Trinajstić information content (AvgIpc) is 3.15. The van der Waals surface area contributed by atoms with Crippen molar-refractivity contribution in [1.82, 2.24) is 14.5 Å². The van der Waals surface area contributed by atoms with Crippen molar-refractivity contribution in [3.05, 3.63) is 54.3 Å². The SMILES string of the molecule is CC(NC(=O)CN1CCN(S(=O)(=O)c2ccc3c(c2)OCCCO3)CC1)c1cc2ccccc2o1. The van der Waals surface area contributed by atoms with Gasteiger partial charge in [0.15, 0.2) is 11.5 Å². The predicted octanol–water partition coefficient (Wildman–Crippen LogP) is 2.78. The monoisotopic (exact) mass is 499 g/mol. The van der Waals surface area contributed by atoms with Crippen LogP contribution in [-0.2, 0) is 14.8 Å². The fourth-order valence-electron chi connectivity index (χ4n) is 4.36. The average molecular weight is 500 g/mol.